The van der Waals surface area contributed by atoms with Crippen LogP contribution in [0.25, 0.3) is 21.5 Å². The summed E-state index contributed by atoms with van der Waals surface area (Å²) < 4.78 is 5.24. The molecule has 0 aliphatic heterocycles. The lowest BCUT2D eigenvalue weighted by atomic mass is 9.98. The average Bonchev–Trinajstić information content (AvgIpc) is 2.45. The Morgan fingerprint density at radius 3 is 2.56 bits per heavy atom. The molecule has 0 saturated heterocycles. The third-order valence-electron chi connectivity index (χ3n) is 3.35. The van der Waals surface area contributed by atoms with Crippen LogP contribution in [-0.4, -0.2) is 12.2 Å². The molecule has 3 aromatic carbocycles. The number of fused-ring (bicyclic) bond motifs is 3. The highest BCUT2D eigenvalue weighted by molar-refractivity contribution is 6.08. The van der Waals surface area contributed by atoms with Gasteiger partial charge in [0.1, 0.15) is 5.75 Å². The van der Waals surface area contributed by atoms with Gasteiger partial charge in [-0.2, -0.15) is 0 Å². The Morgan fingerprint density at radius 1 is 0.944 bits per heavy atom. The number of benzene rings is 3. The molecule has 2 heteroatoms. The van der Waals surface area contributed by atoms with E-state index in [0.29, 0.717) is 0 Å². The summed E-state index contributed by atoms with van der Waals surface area (Å²) in [6.45, 7) is 0.0685. The van der Waals surface area contributed by atoms with Crippen molar-refractivity contribution in [2.24, 2.45) is 0 Å². The van der Waals surface area contributed by atoms with Crippen LogP contribution in [0.4, 0.5) is 0 Å². The lowest BCUT2D eigenvalue weighted by Crippen LogP contribution is -1.87. The normalized spacial score (nSPS) is 11.0. The minimum Gasteiger partial charge on any atom is -0.497 e. The zero-order chi connectivity index (χ0) is 12.5. The smallest absolute Gasteiger partial charge is 0.119 e. The number of aliphatic hydroxyl groups is 1. The Morgan fingerprint density at radius 2 is 1.78 bits per heavy atom. The Kier molecular flexibility index (Phi) is 2.65. The van der Waals surface area contributed by atoms with E-state index in [1.54, 1.807) is 7.11 Å². The molecule has 0 aromatic heterocycles. The lowest BCUT2D eigenvalue weighted by molar-refractivity contribution is 0.283. The Labute approximate surface area is 105 Å². The van der Waals surface area contributed by atoms with Crippen LogP contribution in [0.3, 0.4) is 0 Å². The second-order valence-corrected chi connectivity index (χ2v) is 4.32. The highest BCUT2D eigenvalue weighted by Crippen LogP contribution is 2.30. The minimum atomic E-state index is 0.0685. The number of hydrogen-bond acceptors (Lipinski definition) is 2. The summed E-state index contributed by atoms with van der Waals surface area (Å²) in [6, 6.07) is 16.2. The molecule has 0 fully saturated rings. The number of methoxy groups -OCH3 is 1. The summed E-state index contributed by atoms with van der Waals surface area (Å²) in [5, 5.41) is 14.0. The third kappa shape index (κ3) is 1.62. The van der Waals surface area contributed by atoms with Crippen molar-refractivity contribution in [3.8, 4) is 5.75 Å². The molecule has 0 heterocycles. The largest absolute Gasteiger partial charge is 0.497 e. The lowest BCUT2D eigenvalue weighted by Gasteiger charge is -2.08. The molecule has 0 saturated carbocycles. The van der Waals surface area contributed by atoms with Crippen molar-refractivity contribution >= 4 is 21.5 Å². The Bertz CT molecular complexity index is 717. The van der Waals surface area contributed by atoms with Gasteiger partial charge in [-0.05, 0) is 39.2 Å². The fourth-order valence-electron chi connectivity index (χ4n) is 2.41. The van der Waals surface area contributed by atoms with Crippen LogP contribution < -0.4 is 4.74 Å². The monoisotopic (exact) mass is 238 g/mol. The number of aliphatic hydroxyl groups excluding tert-OH is 1. The molecule has 0 aliphatic carbocycles. The van der Waals surface area contributed by atoms with E-state index in [4.69, 9.17) is 4.74 Å². The van der Waals surface area contributed by atoms with Crippen LogP contribution in [0.2, 0.25) is 0 Å². The quantitative estimate of drug-likeness (QED) is 0.692. The molecule has 0 unspecified atom stereocenters. The second-order valence-electron chi connectivity index (χ2n) is 4.32. The molecule has 0 amide bonds. The van der Waals surface area contributed by atoms with Crippen molar-refractivity contribution in [2.45, 2.75) is 6.61 Å². The van der Waals surface area contributed by atoms with Gasteiger partial charge in [-0.15, -0.1) is 0 Å². The van der Waals surface area contributed by atoms with Gasteiger partial charge in [-0.1, -0.05) is 36.4 Å². The van der Waals surface area contributed by atoms with Crippen LogP contribution >= 0.6 is 0 Å². The molecule has 18 heavy (non-hydrogen) atoms. The van der Waals surface area contributed by atoms with Gasteiger partial charge in [-0.25, -0.2) is 0 Å². The van der Waals surface area contributed by atoms with Crippen molar-refractivity contribution < 1.29 is 9.84 Å². The van der Waals surface area contributed by atoms with Gasteiger partial charge in [0.05, 0.1) is 13.7 Å². The minimum absolute atomic E-state index is 0.0685. The van der Waals surface area contributed by atoms with E-state index in [9.17, 15) is 5.11 Å². The topological polar surface area (TPSA) is 29.5 Å². The Hall–Kier alpha value is -2.06. The predicted octanol–water partition coefficient (Wildman–Crippen LogP) is 3.49. The predicted molar refractivity (Wildman–Crippen MR) is 73.9 cm³/mol. The molecule has 0 bridgehead atoms. The van der Waals surface area contributed by atoms with Gasteiger partial charge in [0, 0.05) is 0 Å². The van der Waals surface area contributed by atoms with Crippen molar-refractivity contribution in [2.75, 3.05) is 7.11 Å². The van der Waals surface area contributed by atoms with Crippen LogP contribution in [-0.2, 0) is 6.61 Å². The van der Waals surface area contributed by atoms with E-state index in [2.05, 4.69) is 24.3 Å². The van der Waals surface area contributed by atoms with Crippen molar-refractivity contribution in [3.05, 3.63) is 54.1 Å². The maximum atomic E-state index is 9.37. The molecule has 0 spiro atoms. The molecular weight excluding hydrogens is 224 g/mol. The molecule has 3 aromatic rings. The molecule has 0 atom stereocenters. The van der Waals surface area contributed by atoms with Crippen LogP contribution in [0.5, 0.6) is 5.75 Å². The number of ether oxygens (including phenoxy) is 1. The molecular formula is C16H14O2. The highest BCUT2D eigenvalue weighted by atomic mass is 16.5. The zero-order valence-corrected chi connectivity index (χ0v) is 10.2. The van der Waals surface area contributed by atoms with E-state index in [1.165, 1.54) is 10.8 Å². The van der Waals surface area contributed by atoms with Crippen LogP contribution in [0.15, 0.2) is 48.5 Å². The second kappa shape index (κ2) is 4.31. The first-order chi connectivity index (χ1) is 8.83. The fourth-order valence-corrected chi connectivity index (χ4v) is 2.41. The fraction of sp³-hybridized carbons (Fsp3) is 0.125. The highest BCUT2D eigenvalue weighted by Gasteiger charge is 2.04. The van der Waals surface area contributed by atoms with E-state index >= 15 is 0 Å². The van der Waals surface area contributed by atoms with Crippen LogP contribution in [0, 0.1) is 0 Å². The summed E-state index contributed by atoms with van der Waals surface area (Å²) in [7, 11) is 1.67. The summed E-state index contributed by atoms with van der Waals surface area (Å²) >= 11 is 0. The van der Waals surface area contributed by atoms with Gasteiger partial charge in [0.25, 0.3) is 0 Å². The Balaban J connectivity index is 2.39. The van der Waals surface area contributed by atoms with Gasteiger partial charge in [-0.3, -0.25) is 0 Å². The molecule has 90 valence electrons. The van der Waals surface area contributed by atoms with Crippen LogP contribution in [0.1, 0.15) is 5.56 Å². The SMILES string of the molecule is COc1ccc2c(ccc3c(CO)cccc32)c1. The summed E-state index contributed by atoms with van der Waals surface area (Å²) in [6.07, 6.45) is 0. The van der Waals surface area contributed by atoms with Crippen molar-refractivity contribution in [3.63, 3.8) is 0 Å². The van der Waals surface area contributed by atoms with E-state index in [0.717, 1.165) is 22.1 Å². The van der Waals surface area contributed by atoms with E-state index < -0.39 is 0 Å². The van der Waals surface area contributed by atoms with E-state index in [-0.39, 0.29) is 6.61 Å². The van der Waals surface area contributed by atoms with Gasteiger partial charge in [0.15, 0.2) is 0 Å². The first-order valence-corrected chi connectivity index (χ1v) is 5.92. The van der Waals surface area contributed by atoms with Gasteiger partial charge in [0.2, 0.25) is 0 Å². The maximum absolute atomic E-state index is 9.37. The van der Waals surface area contributed by atoms with Crippen molar-refractivity contribution in [1.29, 1.82) is 0 Å². The van der Waals surface area contributed by atoms with Gasteiger partial charge >= 0.3 is 0 Å². The van der Waals surface area contributed by atoms with E-state index in [1.807, 2.05) is 24.3 Å². The molecule has 0 aliphatic rings. The van der Waals surface area contributed by atoms with Crippen molar-refractivity contribution in [1.82, 2.24) is 0 Å². The molecule has 0 radical (unpaired) electrons. The molecule has 2 nitrogen and oxygen atoms in total. The number of hydrogen-bond donors (Lipinski definition) is 1. The van der Waals surface area contributed by atoms with Gasteiger partial charge < -0.3 is 9.84 Å². The summed E-state index contributed by atoms with van der Waals surface area (Å²) in [4.78, 5) is 0. The standard InChI is InChI=1S/C16H14O2/c1-18-13-6-8-14-11(9-13)5-7-15-12(10-17)3-2-4-16(14)15/h2-9,17H,10H2,1H3. The summed E-state index contributed by atoms with van der Waals surface area (Å²) in [5.74, 6) is 0.861. The number of rotatable bonds is 2. The first-order valence-electron chi connectivity index (χ1n) is 5.92. The maximum Gasteiger partial charge on any atom is 0.119 e. The average molecular weight is 238 g/mol. The summed E-state index contributed by atoms with van der Waals surface area (Å²) in [5.41, 5.74) is 0.963. The molecule has 3 rings (SSSR count). The first kappa shape index (κ1) is 11.1. The third-order valence-corrected chi connectivity index (χ3v) is 3.35. The molecule has 1 N–H and O–H groups in total. The zero-order valence-electron chi connectivity index (χ0n) is 10.2.